The highest BCUT2D eigenvalue weighted by atomic mass is 16.1. The number of nitrogens with one attached hydrogen (secondary N) is 1. The zero-order valence-electron chi connectivity index (χ0n) is 9.16. The van der Waals surface area contributed by atoms with Crippen LogP contribution in [0.3, 0.4) is 0 Å². The van der Waals surface area contributed by atoms with Crippen LogP contribution < -0.4 is 0 Å². The zero-order valence-corrected chi connectivity index (χ0v) is 9.16. The van der Waals surface area contributed by atoms with Crippen LogP contribution in [0.5, 0.6) is 0 Å². The van der Waals surface area contributed by atoms with Crippen molar-refractivity contribution in [2.24, 2.45) is 0 Å². The lowest BCUT2D eigenvalue weighted by Gasteiger charge is -2.00. The Labute approximate surface area is 94.3 Å². The molecule has 16 heavy (non-hydrogen) atoms. The SMILES string of the molecule is C=C(C=CC)C(=O)c1ccc2[nH]ccc2c1. The van der Waals surface area contributed by atoms with E-state index in [1.54, 1.807) is 6.08 Å². The molecule has 2 heteroatoms. The predicted octanol–water partition coefficient (Wildman–Crippen LogP) is 3.48. The highest BCUT2D eigenvalue weighted by molar-refractivity contribution is 6.11. The minimum Gasteiger partial charge on any atom is -0.361 e. The molecule has 0 saturated carbocycles. The van der Waals surface area contributed by atoms with E-state index in [9.17, 15) is 4.79 Å². The first-order valence-electron chi connectivity index (χ1n) is 5.16. The quantitative estimate of drug-likeness (QED) is 0.470. The Balaban J connectivity index is 2.39. The summed E-state index contributed by atoms with van der Waals surface area (Å²) in [6.07, 6.45) is 5.40. The number of carbonyl (C=O) groups is 1. The van der Waals surface area contributed by atoms with Gasteiger partial charge < -0.3 is 4.98 Å². The summed E-state index contributed by atoms with van der Waals surface area (Å²) in [5, 5.41) is 1.04. The van der Waals surface area contributed by atoms with Crippen molar-refractivity contribution in [1.29, 1.82) is 0 Å². The maximum Gasteiger partial charge on any atom is 0.192 e. The summed E-state index contributed by atoms with van der Waals surface area (Å²) in [6, 6.07) is 7.55. The maximum atomic E-state index is 11.9. The number of hydrogen-bond donors (Lipinski definition) is 1. The first-order valence-corrected chi connectivity index (χ1v) is 5.16. The molecule has 2 aromatic rings. The Hall–Kier alpha value is -2.09. The van der Waals surface area contributed by atoms with Crippen molar-refractivity contribution in [3.63, 3.8) is 0 Å². The van der Waals surface area contributed by atoms with Crippen LogP contribution in [-0.2, 0) is 0 Å². The van der Waals surface area contributed by atoms with E-state index < -0.39 is 0 Å². The number of ketones is 1. The number of fused-ring (bicyclic) bond motifs is 1. The minimum atomic E-state index is -0.0267. The molecule has 2 rings (SSSR count). The van der Waals surface area contributed by atoms with Gasteiger partial charge in [0.25, 0.3) is 0 Å². The number of aromatic nitrogens is 1. The number of rotatable bonds is 3. The van der Waals surface area contributed by atoms with E-state index in [0.29, 0.717) is 11.1 Å². The highest BCUT2D eigenvalue weighted by Crippen LogP contribution is 2.16. The van der Waals surface area contributed by atoms with Gasteiger partial charge in [-0.05, 0) is 31.2 Å². The van der Waals surface area contributed by atoms with Gasteiger partial charge in [-0.3, -0.25) is 4.79 Å². The van der Waals surface area contributed by atoms with Gasteiger partial charge in [-0.25, -0.2) is 0 Å². The molecule has 0 aliphatic carbocycles. The van der Waals surface area contributed by atoms with Crippen LogP contribution >= 0.6 is 0 Å². The first kappa shape index (κ1) is 10.4. The summed E-state index contributed by atoms with van der Waals surface area (Å²) >= 11 is 0. The van der Waals surface area contributed by atoms with Gasteiger partial charge in [0.05, 0.1) is 0 Å². The summed E-state index contributed by atoms with van der Waals surface area (Å²) in [5.41, 5.74) is 2.22. The van der Waals surface area contributed by atoms with Gasteiger partial charge in [0.2, 0.25) is 0 Å². The third-order valence-corrected chi connectivity index (χ3v) is 2.47. The van der Waals surface area contributed by atoms with E-state index in [1.807, 2.05) is 43.5 Å². The second-order valence-corrected chi connectivity index (χ2v) is 3.63. The number of Topliss-reactive ketones (excluding diaryl/α,β-unsaturated/α-hetero) is 1. The Morgan fingerprint density at radius 1 is 1.38 bits per heavy atom. The fourth-order valence-electron chi connectivity index (χ4n) is 1.66. The van der Waals surface area contributed by atoms with Gasteiger partial charge in [0, 0.05) is 28.2 Å². The number of H-pyrrole nitrogens is 1. The van der Waals surface area contributed by atoms with Crippen molar-refractivity contribution >= 4 is 16.7 Å². The van der Waals surface area contributed by atoms with Crippen LogP contribution in [0.4, 0.5) is 0 Å². The lowest BCUT2D eigenvalue weighted by Crippen LogP contribution is -1.99. The molecule has 0 atom stereocenters. The molecule has 1 heterocycles. The van der Waals surface area contributed by atoms with E-state index in [1.165, 1.54) is 0 Å². The molecule has 1 aromatic carbocycles. The number of aromatic amines is 1. The third kappa shape index (κ3) is 1.82. The van der Waals surface area contributed by atoms with Crippen LogP contribution in [0.25, 0.3) is 10.9 Å². The van der Waals surface area contributed by atoms with Crippen molar-refractivity contribution in [3.8, 4) is 0 Å². The standard InChI is InChI=1S/C14H13NO/c1-3-4-10(2)14(16)12-5-6-13-11(9-12)7-8-15-13/h3-9,15H,2H2,1H3. The molecular formula is C14H13NO. The second-order valence-electron chi connectivity index (χ2n) is 3.63. The van der Waals surface area contributed by atoms with E-state index in [0.717, 1.165) is 10.9 Å². The maximum absolute atomic E-state index is 11.9. The normalized spacial score (nSPS) is 11.1. The van der Waals surface area contributed by atoms with Gasteiger partial charge >= 0.3 is 0 Å². The highest BCUT2D eigenvalue weighted by Gasteiger charge is 2.08. The molecule has 0 bridgehead atoms. The van der Waals surface area contributed by atoms with Crippen molar-refractivity contribution in [2.75, 3.05) is 0 Å². The average molecular weight is 211 g/mol. The van der Waals surface area contributed by atoms with Gasteiger partial charge in [0.1, 0.15) is 0 Å². The lowest BCUT2D eigenvalue weighted by molar-refractivity contribution is 0.103. The van der Waals surface area contributed by atoms with E-state index in [-0.39, 0.29) is 5.78 Å². The predicted molar refractivity (Wildman–Crippen MR) is 66.6 cm³/mol. The fraction of sp³-hybridized carbons (Fsp3) is 0.0714. The first-order chi connectivity index (χ1) is 7.72. The molecule has 0 spiro atoms. The van der Waals surface area contributed by atoms with Gasteiger partial charge in [0.15, 0.2) is 5.78 Å². The van der Waals surface area contributed by atoms with Gasteiger partial charge in [-0.15, -0.1) is 0 Å². The zero-order chi connectivity index (χ0) is 11.5. The third-order valence-electron chi connectivity index (χ3n) is 2.47. The molecule has 1 aromatic heterocycles. The van der Waals surface area contributed by atoms with Crippen molar-refractivity contribution in [3.05, 3.63) is 60.3 Å². The molecular weight excluding hydrogens is 198 g/mol. The van der Waals surface area contributed by atoms with E-state index in [2.05, 4.69) is 11.6 Å². The minimum absolute atomic E-state index is 0.0267. The number of hydrogen-bond acceptors (Lipinski definition) is 1. The molecule has 80 valence electrons. The van der Waals surface area contributed by atoms with Gasteiger partial charge in [-0.1, -0.05) is 18.7 Å². The van der Waals surface area contributed by atoms with Crippen LogP contribution in [-0.4, -0.2) is 10.8 Å². The van der Waals surface area contributed by atoms with E-state index >= 15 is 0 Å². The Bertz CT molecular complexity index is 575. The van der Waals surface area contributed by atoms with Crippen molar-refractivity contribution in [1.82, 2.24) is 4.98 Å². The van der Waals surface area contributed by atoms with Crippen LogP contribution in [0.2, 0.25) is 0 Å². The van der Waals surface area contributed by atoms with Gasteiger partial charge in [-0.2, -0.15) is 0 Å². The largest absolute Gasteiger partial charge is 0.361 e. The topological polar surface area (TPSA) is 32.9 Å². The fourth-order valence-corrected chi connectivity index (χ4v) is 1.66. The summed E-state index contributed by atoms with van der Waals surface area (Å²) in [5.74, 6) is -0.0267. The molecule has 1 N–H and O–H groups in total. The summed E-state index contributed by atoms with van der Waals surface area (Å²) in [6.45, 7) is 5.61. The molecule has 0 aliphatic heterocycles. The smallest absolute Gasteiger partial charge is 0.192 e. The average Bonchev–Trinajstić information content (AvgIpc) is 2.75. The molecule has 0 amide bonds. The monoisotopic (exact) mass is 211 g/mol. The van der Waals surface area contributed by atoms with Crippen molar-refractivity contribution in [2.45, 2.75) is 6.92 Å². The Morgan fingerprint density at radius 3 is 2.94 bits per heavy atom. The Morgan fingerprint density at radius 2 is 2.19 bits per heavy atom. The molecule has 2 nitrogen and oxygen atoms in total. The van der Waals surface area contributed by atoms with Crippen LogP contribution in [0, 0.1) is 0 Å². The molecule has 0 saturated heterocycles. The number of allylic oxidation sites excluding steroid dienone is 3. The van der Waals surface area contributed by atoms with E-state index in [4.69, 9.17) is 0 Å². The lowest BCUT2D eigenvalue weighted by atomic mass is 10.0. The molecule has 0 aliphatic rings. The molecule has 0 unspecified atom stereocenters. The summed E-state index contributed by atoms with van der Waals surface area (Å²) in [4.78, 5) is 15.0. The van der Waals surface area contributed by atoms with Crippen LogP contribution in [0.1, 0.15) is 17.3 Å². The summed E-state index contributed by atoms with van der Waals surface area (Å²) in [7, 11) is 0. The summed E-state index contributed by atoms with van der Waals surface area (Å²) < 4.78 is 0. The number of carbonyl (C=O) groups excluding carboxylic acids is 1. The number of benzene rings is 1. The Kier molecular flexibility index (Phi) is 2.73. The van der Waals surface area contributed by atoms with Crippen LogP contribution in [0.15, 0.2) is 54.8 Å². The molecule has 0 fully saturated rings. The second kappa shape index (κ2) is 4.19. The van der Waals surface area contributed by atoms with Crippen molar-refractivity contribution < 1.29 is 4.79 Å². The molecule has 0 radical (unpaired) electrons.